The Hall–Kier alpha value is -2.11. The van der Waals surface area contributed by atoms with E-state index in [0.717, 1.165) is 23.5 Å². The molecule has 0 heterocycles. The molecule has 0 bridgehead atoms. The maximum Gasteiger partial charge on any atom is 0.140 e. The second-order valence-electron chi connectivity index (χ2n) is 5.87. The summed E-state index contributed by atoms with van der Waals surface area (Å²) in [5, 5.41) is 1.91. The van der Waals surface area contributed by atoms with E-state index in [-0.39, 0.29) is 0 Å². The standard InChI is InChI=1S/C21H21OP/c1-23(22,20-13-6-3-7-14-20)21-15-9-8-12-19(21)17-16-18-10-4-2-5-11-18/h2-15H,16-17H2,1H3. The highest BCUT2D eigenvalue weighted by atomic mass is 31.2. The maximum absolute atomic E-state index is 13.4. The van der Waals surface area contributed by atoms with Gasteiger partial charge < -0.3 is 4.57 Å². The van der Waals surface area contributed by atoms with Crippen molar-refractivity contribution in [1.82, 2.24) is 0 Å². The predicted octanol–water partition coefficient (Wildman–Crippen LogP) is 4.42. The fourth-order valence-electron chi connectivity index (χ4n) is 2.91. The van der Waals surface area contributed by atoms with Gasteiger partial charge in [-0.05, 0) is 30.6 Å². The fraction of sp³-hybridized carbons (Fsp3) is 0.143. The van der Waals surface area contributed by atoms with Gasteiger partial charge in [0.05, 0.1) is 0 Å². The summed E-state index contributed by atoms with van der Waals surface area (Å²) in [5.41, 5.74) is 2.50. The Morgan fingerprint density at radius 1 is 0.696 bits per heavy atom. The molecule has 1 atom stereocenters. The van der Waals surface area contributed by atoms with E-state index in [1.165, 1.54) is 11.1 Å². The number of hydrogen-bond acceptors (Lipinski definition) is 1. The van der Waals surface area contributed by atoms with Crippen LogP contribution < -0.4 is 10.6 Å². The van der Waals surface area contributed by atoms with Gasteiger partial charge in [0.15, 0.2) is 0 Å². The van der Waals surface area contributed by atoms with Crippen LogP contribution in [0.3, 0.4) is 0 Å². The monoisotopic (exact) mass is 320 g/mol. The van der Waals surface area contributed by atoms with Crippen LogP contribution in [0.5, 0.6) is 0 Å². The van der Waals surface area contributed by atoms with E-state index in [1.807, 2.05) is 61.3 Å². The van der Waals surface area contributed by atoms with E-state index in [1.54, 1.807) is 0 Å². The second kappa shape index (κ2) is 6.98. The molecule has 0 spiro atoms. The van der Waals surface area contributed by atoms with Crippen LogP contribution in [0.15, 0.2) is 84.9 Å². The van der Waals surface area contributed by atoms with E-state index in [9.17, 15) is 4.57 Å². The number of aryl methyl sites for hydroxylation is 2. The van der Waals surface area contributed by atoms with Crippen LogP contribution in [-0.4, -0.2) is 6.66 Å². The van der Waals surface area contributed by atoms with Crippen LogP contribution in [0.2, 0.25) is 0 Å². The van der Waals surface area contributed by atoms with Crippen LogP contribution in [0, 0.1) is 0 Å². The summed E-state index contributed by atoms with van der Waals surface area (Å²) < 4.78 is 13.4. The summed E-state index contributed by atoms with van der Waals surface area (Å²) in [6.45, 7) is 1.88. The Morgan fingerprint density at radius 3 is 1.96 bits per heavy atom. The Morgan fingerprint density at radius 2 is 1.26 bits per heavy atom. The van der Waals surface area contributed by atoms with Crippen LogP contribution in [0.4, 0.5) is 0 Å². The molecule has 3 aromatic rings. The average Bonchev–Trinajstić information content (AvgIpc) is 2.62. The molecule has 23 heavy (non-hydrogen) atoms. The molecule has 0 aliphatic carbocycles. The van der Waals surface area contributed by atoms with Gasteiger partial charge in [-0.3, -0.25) is 0 Å². The fourth-order valence-corrected chi connectivity index (χ4v) is 5.04. The van der Waals surface area contributed by atoms with Gasteiger partial charge in [-0.25, -0.2) is 0 Å². The van der Waals surface area contributed by atoms with E-state index < -0.39 is 7.14 Å². The van der Waals surface area contributed by atoms with Gasteiger partial charge in [0, 0.05) is 10.6 Å². The summed E-state index contributed by atoms with van der Waals surface area (Å²) >= 11 is 0. The number of hydrogen-bond donors (Lipinski definition) is 0. The van der Waals surface area contributed by atoms with Crippen molar-refractivity contribution < 1.29 is 4.57 Å². The zero-order chi connectivity index (χ0) is 16.1. The topological polar surface area (TPSA) is 17.1 Å². The minimum Gasteiger partial charge on any atom is -0.314 e. The normalized spacial score (nSPS) is 13.4. The largest absolute Gasteiger partial charge is 0.314 e. The molecule has 0 saturated heterocycles. The molecule has 0 aliphatic rings. The van der Waals surface area contributed by atoms with Crippen molar-refractivity contribution in [2.24, 2.45) is 0 Å². The highest BCUT2D eigenvalue weighted by Gasteiger charge is 2.23. The third-order valence-corrected chi connectivity index (χ3v) is 6.87. The molecule has 0 aromatic heterocycles. The van der Waals surface area contributed by atoms with Crippen molar-refractivity contribution >= 4 is 17.8 Å². The van der Waals surface area contributed by atoms with Crippen molar-refractivity contribution in [3.05, 3.63) is 96.1 Å². The summed E-state index contributed by atoms with van der Waals surface area (Å²) in [6, 6.07) is 28.4. The minimum absolute atomic E-state index is 0.908. The molecule has 0 aliphatic heterocycles. The minimum atomic E-state index is -2.56. The Balaban J connectivity index is 1.90. The van der Waals surface area contributed by atoms with Crippen LogP contribution in [0.1, 0.15) is 11.1 Å². The zero-order valence-electron chi connectivity index (χ0n) is 13.4. The van der Waals surface area contributed by atoms with E-state index in [4.69, 9.17) is 0 Å². The molecular formula is C21H21OP. The summed E-state index contributed by atoms with van der Waals surface area (Å²) in [5.74, 6) is 0. The lowest BCUT2D eigenvalue weighted by molar-refractivity contribution is 0.590. The summed E-state index contributed by atoms with van der Waals surface area (Å²) in [6.07, 6.45) is 1.87. The SMILES string of the molecule is CP(=O)(c1ccccc1)c1ccccc1CCc1ccccc1. The van der Waals surface area contributed by atoms with Crippen LogP contribution in [0.25, 0.3) is 0 Å². The van der Waals surface area contributed by atoms with Gasteiger partial charge in [-0.1, -0.05) is 84.9 Å². The average molecular weight is 320 g/mol. The molecule has 0 fully saturated rings. The van der Waals surface area contributed by atoms with Crippen molar-refractivity contribution in [3.8, 4) is 0 Å². The van der Waals surface area contributed by atoms with Crippen LogP contribution >= 0.6 is 7.14 Å². The molecular weight excluding hydrogens is 299 g/mol. The van der Waals surface area contributed by atoms with Crippen molar-refractivity contribution in [1.29, 1.82) is 0 Å². The first-order valence-electron chi connectivity index (χ1n) is 7.93. The Bertz CT molecular complexity index is 810. The van der Waals surface area contributed by atoms with Gasteiger partial charge in [0.25, 0.3) is 0 Å². The molecule has 0 amide bonds. The molecule has 116 valence electrons. The molecule has 2 heteroatoms. The summed E-state index contributed by atoms with van der Waals surface area (Å²) in [4.78, 5) is 0. The third-order valence-electron chi connectivity index (χ3n) is 4.23. The van der Waals surface area contributed by atoms with E-state index in [0.29, 0.717) is 0 Å². The van der Waals surface area contributed by atoms with Gasteiger partial charge in [0.2, 0.25) is 0 Å². The van der Waals surface area contributed by atoms with Gasteiger partial charge in [-0.2, -0.15) is 0 Å². The van der Waals surface area contributed by atoms with Gasteiger partial charge >= 0.3 is 0 Å². The Kier molecular flexibility index (Phi) is 4.79. The molecule has 3 aromatic carbocycles. The number of rotatable bonds is 5. The lowest BCUT2D eigenvalue weighted by Gasteiger charge is -2.18. The molecule has 1 nitrogen and oxygen atoms in total. The quantitative estimate of drug-likeness (QED) is 0.636. The van der Waals surface area contributed by atoms with Crippen molar-refractivity contribution in [3.63, 3.8) is 0 Å². The van der Waals surface area contributed by atoms with Crippen LogP contribution in [-0.2, 0) is 17.4 Å². The Labute approximate surface area is 138 Å². The van der Waals surface area contributed by atoms with Crippen molar-refractivity contribution in [2.75, 3.05) is 6.66 Å². The molecule has 0 radical (unpaired) electrons. The lowest BCUT2D eigenvalue weighted by atomic mass is 10.0. The van der Waals surface area contributed by atoms with E-state index >= 15 is 0 Å². The first-order chi connectivity index (χ1) is 11.2. The predicted molar refractivity (Wildman–Crippen MR) is 99.5 cm³/mol. The molecule has 0 saturated carbocycles. The summed E-state index contributed by atoms with van der Waals surface area (Å²) in [7, 11) is -2.56. The van der Waals surface area contributed by atoms with Gasteiger partial charge in [-0.15, -0.1) is 0 Å². The smallest absolute Gasteiger partial charge is 0.140 e. The molecule has 1 unspecified atom stereocenters. The zero-order valence-corrected chi connectivity index (χ0v) is 14.2. The van der Waals surface area contributed by atoms with E-state index in [2.05, 4.69) is 30.3 Å². The van der Waals surface area contributed by atoms with Crippen molar-refractivity contribution in [2.45, 2.75) is 12.8 Å². The second-order valence-corrected chi connectivity index (χ2v) is 8.72. The molecule has 3 rings (SSSR count). The number of benzene rings is 3. The lowest BCUT2D eigenvalue weighted by Crippen LogP contribution is -2.19. The first kappa shape index (κ1) is 15.8. The van der Waals surface area contributed by atoms with Gasteiger partial charge in [0.1, 0.15) is 7.14 Å². The third kappa shape index (κ3) is 3.63. The molecule has 0 N–H and O–H groups in total. The highest BCUT2D eigenvalue weighted by Crippen LogP contribution is 2.39. The first-order valence-corrected chi connectivity index (χ1v) is 10.1. The maximum atomic E-state index is 13.4. The highest BCUT2D eigenvalue weighted by molar-refractivity contribution is 7.78.